The lowest BCUT2D eigenvalue weighted by Crippen LogP contribution is -2.49. The molecule has 0 saturated carbocycles. The highest BCUT2D eigenvalue weighted by molar-refractivity contribution is 7.99. The zero-order valence-electron chi connectivity index (χ0n) is 17.4. The van der Waals surface area contributed by atoms with Crippen molar-refractivity contribution in [2.24, 2.45) is 0 Å². The molecular formula is C23H25N5OS2. The number of pyridine rings is 1. The molecule has 0 N–H and O–H groups in total. The molecule has 8 heteroatoms. The van der Waals surface area contributed by atoms with Crippen molar-refractivity contribution < 1.29 is 4.79 Å². The second-order valence-electron chi connectivity index (χ2n) is 7.81. The molecule has 0 radical (unpaired) electrons. The first kappa shape index (κ1) is 20.5. The molecule has 1 aliphatic carbocycles. The van der Waals surface area contributed by atoms with Gasteiger partial charge in [-0.2, -0.15) is 0 Å². The number of amides is 1. The number of thiophene rings is 1. The van der Waals surface area contributed by atoms with Gasteiger partial charge in [-0.15, -0.1) is 11.3 Å². The van der Waals surface area contributed by atoms with E-state index in [0.717, 1.165) is 55.7 Å². The third-order valence-corrected chi connectivity index (χ3v) is 7.56. The molecule has 0 unspecified atom stereocenters. The van der Waals surface area contributed by atoms with Gasteiger partial charge in [0.25, 0.3) is 0 Å². The smallest absolute Gasteiger partial charge is 0.233 e. The lowest BCUT2D eigenvalue weighted by Gasteiger charge is -2.35. The molecule has 6 nitrogen and oxygen atoms in total. The molecule has 5 rings (SSSR count). The number of nitrogens with zero attached hydrogens (tertiary/aromatic N) is 5. The molecule has 2 aliphatic rings. The molecule has 1 fully saturated rings. The molecule has 0 spiro atoms. The third kappa shape index (κ3) is 4.60. The van der Waals surface area contributed by atoms with Gasteiger partial charge in [-0.3, -0.25) is 4.79 Å². The second-order valence-corrected chi connectivity index (χ2v) is 9.70. The first-order chi connectivity index (χ1) is 15.3. The van der Waals surface area contributed by atoms with Crippen LogP contribution in [0.2, 0.25) is 0 Å². The Bertz CT molecular complexity index is 1030. The van der Waals surface area contributed by atoms with E-state index in [1.54, 1.807) is 11.3 Å². The van der Waals surface area contributed by atoms with Gasteiger partial charge < -0.3 is 9.80 Å². The number of hydrogen-bond donors (Lipinski definition) is 0. The Kier molecular flexibility index (Phi) is 6.18. The third-order valence-electron chi connectivity index (χ3n) is 5.85. The van der Waals surface area contributed by atoms with Crippen LogP contribution < -0.4 is 4.90 Å². The maximum atomic E-state index is 12.8. The van der Waals surface area contributed by atoms with Crippen molar-refractivity contribution in [1.82, 2.24) is 19.9 Å². The van der Waals surface area contributed by atoms with Gasteiger partial charge in [0.1, 0.15) is 5.82 Å². The van der Waals surface area contributed by atoms with Gasteiger partial charge in [-0.25, -0.2) is 15.0 Å². The topological polar surface area (TPSA) is 62.2 Å². The standard InChI is InChI=1S/C23H25N5OS2/c29-21(28-13-11-27(12-14-28)20-9-3-4-10-24-20)16-31-23-25-18-7-2-1-6-17(18)22(26-23)19-8-5-15-30-19/h3-5,8-10,15H,1-2,6-7,11-14,16H2. The maximum absolute atomic E-state index is 12.8. The predicted octanol–water partition coefficient (Wildman–Crippen LogP) is 3.92. The Morgan fingerprint density at radius 1 is 1.03 bits per heavy atom. The van der Waals surface area contributed by atoms with Crippen molar-refractivity contribution in [1.29, 1.82) is 0 Å². The van der Waals surface area contributed by atoms with Crippen LogP contribution in [0.1, 0.15) is 24.1 Å². The second kappa shape index (κ2) is 9.36. The van der Waals surface area contributed by atoms with Crippen LogP contribution in [-0.4, -0.2) is 57.7 Å². The van der Waals surface area contributed by atoms with Crippen molar-refractivity contribution in [3.05, 3.63) is 53.2 Å². The summed E-state index contributed by atoms with van der Waals surface area (Å²) in [5, 5.41) is 2.82. The number of piperazine rings is 1. The highest BCUT2D eigenvalue weighted by atomic mass is 32.2. The van der Waals surface area contributed by atoms with E-state index >= 15 is 0 Å². The minimum absolute atomic E-state index is 0.157. The summed E-state index contributed by atoms with van der Waals surface area (Å²) in [5.41, 5.74) is 3.54. The van der Waals surface area contributed by atoms with Crippen molar-refractivity contribution in [2.45, 2.75) is 30.8 Å². The molecule has 1 amide bonds. The summed E-state index contributed by atoms with van der Waals surface area (Å²) < 4.78 is 0. The van der Waals surface area contributed by atoms with E-state index in [-0.39, 0.29) is 5.91 Å². The van der Waals surface area contributed by atoms with Crippen molar-refractivity contribution in [2.75, 3.05) is 36.8 Å². The van der Waals surface area contributed by atoms with E-state index in [1.807, 2.05) is 29.3 Å². The zero-order valence-corrected chi connectivity index (χ0v) is 19.0. The summed E-state index contributed by atoms with van der Waals surface area (Å²) in [6, 6.07) is 10.1. The lowest BCUT2D eigenvalue weighted by molar-refractivity contribution is -0.128. The molecule has 3 aromatic rings. The molecule has 4 heterocycles. The molecule has 1 aliphatic heterocycles. The van der Waals surface area contributed by atoms with Crippen LogP contribution in [0.3, 0.4) is 0 Å². The van der Waals surface area contributed by atoms with Crippen LogP contribution in [-0.2, 0) is 17.6 Å². The Morgan fingerprint density at radius 3 is 2.68 bits per heavy atom. The number of fused-ring (bicyclic) bond motifs is 1. The summed E-state index contributed by atoms with van der Waals surface area (Å²) in [6.07, 6.45) is 6.24. The molecule has 3 aromatic heterocycles. The average Bonchev–Trinajstić information content (AvgIpc) is 3.37. The molecule has 0 atom stereocenters. The SMILES string of the molecule is O=C(CSc1nc2c(c(-c3cccs3)n1)CCCC2)N1CCN(c2ccccn2)CC1. The first-order valence-electron chi connectivity index (χ1n) is 10.8. The van der Waals surface area contributed by atoms with Crippen LogP contribution in [0.25, 0.3) is 10.6 Å². The number of anilines is 1. The minimum atomic E-state index is 0.157. The summed E-state index contributed by atoms with van der Waals surface area (Å²) >= 11 is 3.19. The van der Waals surface area contributed by atoms with Crippen LogP contribution in [0.15, 0.2) is 47.1 Å². The van der Waals surface area contributed by atoms with Gasteiger partial charge in [0.15, 0.2) is 5.16 Å². The molecule has 160 valence electrons. The summed E-state index contributed by atoms with van der Waals surface area (Å²) in [4.78, 5) is 32.3. The number of hydrogen-bond acceptors (Lipinski definition) is 7. The van der Waals surface area contributed by atoms with E-state index in [1.165, 1.54) is 40.7 Å². The fraction of sp³-hybridized carbons (Fsp3) is 0.391. The minimum Gasteiger partial charge on any atom is -0.353 e. The van der Waals surface area contributed by atoms with Crippen molar-refractivity contribution in [3.63, 3.8) is 0 Å². The summed E-state index contributed by atoms with van der Waals surface area (Å²) in [6.45, 7) is 3.07. The van der Waals surface area contributed by atoms with Gasteiger partial charge in [0.05, 0.1) is 16.3 Å². The first-order valence-corrected chi connectivity index (χ1v) is 12.6. The van der Waals surface area contributed by atoms with E-state index in [2.05, 4.69) is 27.4 Å². The van der Waals surface area contributed by atoms with Gasteiger partial charge in [-0.1, -0.05) is 23.9 Å². The largest absolute Gasteiger partial charge is 0.353 e. The van der Waals surface area contributed by atoms with Gasteiger partial charge >= 0.3 is 0 Å². The van der Waals surface area contributed by atoms with E-state index in [4.69, 9.17) is 9.97 Å². The molecule has 0 bridgehead atoms. The normalized spacial score (nSPS) is 16.3. The Labute approximate surface area is 190 Å². The number of rotatable bonds is 5. The van der Waals surface area contributed by atoms with E-state index in [0.29, 0.717) is 5.75 Å². The van der Waals surface area contributed by atoms with Gasteiger partial charge in [0, 0.05) is 43.6 Å². The Morgan fingerprint density at radius 2 is 1.90 bits per heavy atom. The highest BCUT2D eigenvalue weighted by Gasteiger charge is 2.23. The van der Waals surface area contributed by atoms with Crippen molar-refractivity contribution in [3.8, 4) is 10.6 Å². The molecule has 1 saturated heterocycles. The maximum Gasteiger partial charge on any atom is 0.233 e. The fourth-order valence-corrected chi connectivity index (χ4v) is 5.70. The van der Waals surface area contributed by atoms with Crippen LogP contribution in [0, 0.1) is 0 Å². The molecule has 0 aromatic carbocycles. The van der Waals surface area contributed by atoms with Crippen LogP contribution in [0.5, 0.6) is 0 Å². The van der Waals surface area contributed by atoms with E-state index in [9.17, 15) is 4.79 Å². The number of aromatic nitrogens is 3. The summed E-state index contributed by atoms with van der Waals surface area (Å²) in [7, 11) is 0. The van der Waals surface area contributed by atoms with Crippen molar-refractivity contribution >= 4 is 34.8 Å². The van der Waals surface area contributed by atoms with Gasteiger partial charge in [-0.05, 0) is 49.3 Å². The number of carbonyl (C=O) groups excluding carboxylic acids is 1. The van der Waals surface area contributed by atoms with Crippen LogP contribution in [0.4, 0.5) is 5.82 Å². The number of thioether (sulfide) groups is 1. The average molecular weight is 452 g/mol. The number of aryl methyl sites for hydroxylation is 1. The lowest BCUT2D eigenvalue weighted by atomic mass is 9.94. The Balaban J connectivity index is 1.23. The molecule has 31 heavy (non-hydrogen) atoms. The Hall–Kier alpha value is -2.45. The van der Waals surface area contributed by atoms with E-state index < -0.39 is 0 Å². The molecular weight excluding hydrogens is 426 g/mol. The summed E-state index contributed by atoms with van der Waals surface area (Å²) in [5.74, 6) is 1.52. The number of carbonyl (C=O) groups is 1. The van der Waals surface area contributed by atoms with Gasteiger partial charge in [0.2, 0.25) is 5.91 Å². The predicted molar refractivity (Wildman–Crippen MR) is 126 cm³/mol. The zero-order chi connectivity index (χ0) is 21.0. The monoisotopic (exact) mass is 451 g/mol. The quantitative estimate of drug-likeness (QED) is 0.433. The van der Waals surface area contributed by atoms with Crippen LogP contribution >= 0.6 is 23.1 Å². The fourth-order valence-electron chi connectivity index (χ4n) is 4.20. The highest BCUT2D eigenvalue weighted by Crippen LogP contribution is 2.33.